The lowest BCUT2D eigenvalue weighted by Crippen LogP contribution is -2.39. The SMILES string of the molecule is Cc1ccc(N)c(SCC(=O)N(C)C2CCCCC2)c1. The first-order valence-electron chi connectivity index (χ1n) is 7.32. The minimum absolute atomic E-state index is 0.211. The molecule has 0 bridgehead atoms. The number of hydrogen-bond donors (Lipinski definition) is 1. The van der Waals surface area contributed by atoms with E-state index < -0.39 is 0 Å². The first-order chi connectivity index (χ1) is 9.58. The third-order valence-electron chi connectivity index (χ3n) is 4.04. The number of nitrogens with two attached hydrogens (primary N) is 1. The van der Waals surface area contributed by atoms with Crippen LogP contribution in [0.4, 0.5) is 5.69 Å². The number of nitrogen functional groups attached to an aromatic ring is 1. The molecule has 1 aromatic carbocycles. The fourth-order valence-electron chi connectivity index (χ4n) is 2.68. The van der Waals surface area contributed by atoms with E-state index in [0.29, 0.717) is 11.8 Å². The molecule has 1 aliphatic carbocycles. The minimum atomic E-state index is 0.211. The van der Waals surface area contributed by atoms with Crippen molar-refractivity contribution in [2.24, 2.45) is 0 Å². The van der Waals surface area contributed by atoms with Gasteiger partial charge < -0.3 is 10.6 Å². The molecular formula is C16H24N2OS. The second-order valence-corrected chi connectivity index (χ2v) is 6.64. The Labute approximate surface area is 125 Å². The van der Waals surface area contributed by atoms with Crippen molar-refractivity contribution in [3.8, 4) is 0 Å². The Hall–Kier alpha value is -1.16. The number of carbonyl (C=O) groups is 1. The maximum atomic E-state index is 12.3. The number of benzene rings is 1. The highest BCUT2D eigenvalue weighted by molar-refractivity contribution is 8.00. The van der Waals surface area contributed by atoms with Gasteiger partial charge in [-0.3, -0.25) is 4.79 Å². The zero-order chi connectivity index (χ0) is 14.5. The Morgan fingerprint density at radius 3 is 2.75 bits per heavy atom. The Morgan fingerprint density at radius 1 is 1.35 bits per heavy atom. The van der Waals surface area contributed by atoms with Gasteiger partial charge in [-0.1, -0.05) is 25.3 Å². The van der Waals surface area contributed by atoms with Crippen LogP contribution in [0.5, 0.6) is 0 Å². The van der Waals surface area contributed by atoms with E-state index in [2.05, 4.69) is 0 Å². The highest BCUT2D eigenvalue weighted by Gasteiger charge is 2.22. The van der Waals surface area contributed by atoms with Crippen LogP contribution >= 0.6 is 11.8 Å². The van der Waals surface area contributed by atoms with Crippen LogP contribution < -0.4 is 5.73 Å². The Bertz CT molecular complexity index is 470. The van der Waals surface area contributed by atoms with E-state index in [4.69, 9.17) is 5.73 Å². The maximum absolute atomic E-state index is 12.3. The van der Waals surface area contributed by atoms with E-state index in [9.17, 15) is 4.79 Å². The molecule has 1 aliphatic rings. The Balaban J connectivity index is 1.89. The van der Waals surface area contributed by atoms with Crippen molar-refractivity contribution in [3.63, 3.8) is 0 Å². The van der Waals surface area contributed by atoms with Crippen molar-refractivity contribution < 1.29 is 4.79 Å². The average molecular weight is 292 g/mol. The van der Waals surface area contributed by atoms with Crippen LogP contribution in [0.15, 0.2) is 23.1 Å². The van der Waals surface area contributed by atoms with Crippen LogP contribution in [0.3, 0.4) is 0 Å². The van der Waals surface area contributed by atoms with Gasteiger partial charge in [-0.05, 0) is 37.5 Å². The van der Waals surface area contributed by atoms with Gasteiger partial charge in [-0.2, -0.15) is 0 Å². The minimum Gasteiger partial charge on any atom is -0.398 e. The summed E-state index contributed by atoms with van der Waals surface area (Å²) in [5.74, 6) is 0.684. The van der Waals surface area contributed by atoms with Gasteiger partial charge in [0.1, 0.15) is 0 Å². The van der Waals surface area contributed by atoms with Crippen LogP contribution in [-0.2, 0) is 4.79 Å². The zero-order valence-corrected chi connectivity index (χ0v) is 13.2. The molecular weight excluding hydrogens is 268 g/mol. The molecule has 0 aromatic heterocycles. The normalized spacial score (nSPS) is 16.1. The predicted molar refractivity (Wildman–Crippen MR) is 86.0 cm³/mol. The third kappa shape index (κ3) is 3.92. The zero-order valence-electron chi connectivity index (χ0n) is 12.4. The summed E-state index contributed by atoms with van der Waals surface area (Å²) in [6.07, 6.45) is 6.12. The van der Waals surface area contributed by atoms with Crippen molar-refractivity contribution in [3.05, 3.63) is 23.8 Å². The summed E-state index contributed by atoms with van der Waals surface area (Å²) < 4.78 is 0. The quantitative estimate of drug-likeness (QED) is 0.683. The third-order valence-corrected chi connectivity index (χ3v) is 5.09. The molecule has 0 spiro atoms. The number of carbonyl (C=O) groups excluding carboxylic acids is 1. The van der Waals surface area contributed by atoms with Gasteiger partial charge in [0.15, 0.2) is 0 Å². The van der Waals surface area contributed by atoms with E-state index in [1.807, 2.05) is 37.1 Å². The molecule has 0 saturated heterocycles. The summed E-state index contributed by atoms with van der Waals surface area (Å²) in [4.78, 5) is 15.2. The van der Waals surface area contributed by atoms with E-state index in [-0.39, 0.29) is 5.91 Å². The first-order valence-corrected chi connectivity index (χ1v) is 8.31. The largest absolute Gasteiger partial charge is 0.398 e. The lowest BCUT2D eigenvalue weighted by Gasteiger charge is -2.31. The fraction of sp³-hybridized carbons (Fsp3) is 0.562. The van der Waals surface area contributed by atoms with Crippen LogP contribution in [0.2, 0.25) is 0 Å². The van der Waals surface area contributed by atoms with Crippen molar-refractivity contribution in [2.45, 2.75) is 50.0 Å². The topological polar surface area (TPSA) is 46.3 Å². The molecule has 4 heteroatoms. The van der Waals surface area contributed by atoms with Gasteiger partial charge in [0, 0.05) is 23.7 Å². The first kappa shape index (κ1) is 15.2. The second kappa shape index (κ2) is 7.02. The smallest absolute Gasteiger partial charge is 0.232 e. The van der Waals surface area contributed by atoms with E-state index in [0.717, 1.165) is 23.4 Å². The molecule has 1 saturated carbocycles. The van der Waals surface area contributed by atoms with Crippen LogP contribution in [-0.4, -0.2) is 29.6 Å². The summed E-state index contributed by atoms with van der Waals surface area (Å²) >= 11 is 1.55. The van der Waals surface area contributed by atoms with Gasteiger partial charge in [-0.25, -0.2) is 0 Å². The number of nitrogens with zero attached hydrogens (tertiary/aromatic N) is 1. The van der Waals surface area contributed by atoms with Crippen LogP contribution in [0, 0.1) is 6.92 Å². The van der Waals surface area contributed by atoms with Gasteiger partial charge in [0.2, 0.25) is 5.91 Å². The molecule has 1 aromatic rings. The summed E-state index contributed by atoms with van der Waals surface area (Å²) in [5.41, 5.74) is 7.88. The van der Waals surface area contributed by atoms with E-state index in [1.165, 1.54) is 24.8 Å². The molecule has 20 heavy (non-hydrogen) atoms. The predicted octanol–water partition coefficient (Wildman–Crippen LogP) is 3.46. The molecule has 110 valence electrons. The summed E-state index contributed by atoms with van der Waals surface area (Å²) in [6, 6.07) is 6.39. The van der Waals surface area contributed by atoms with Crippen molar-refractivity contribution in [1.82, 2.24) is 4.90 Å². The summed E-state index contributed by atoms with van der Waals surface area (Å²) in [6.45, 7) is 2.04. The van der Waals surface area contributed by atoms with E-state index in [1.54, 1.807) is 11.8 Å². The fourth-order valence-corrected chi connectivity index (χ4v) is 3.67. The van der Waals surface area contributed by atoms with Crippen LogP contribution in [0.1, 0.15) is 37.7 Å². The van der Waals surface area contributed by atoms with Gasteiger partial charge in [-0.15, -0.1) is 11.8 Å². The maximum Gasteiger partial charge on any atom is 0.232 e. The van der Waals surface area contributed by atoms with Crippen molar-refractivity contribution in [1.29, 1.82) is 0 Å². The standard InChI is InChI=1S/C16H24N2OS/c1-12-8-9-14(17)15(10-12)20-11-16(19)18(2)13-6-4-3-5-7-13/h8-10,13H,3-7,11,17H2,1-2H3. The monoisotopic (exact) mass is 292 g/mol. The van der Waals surface area contributed by atoms with Gasteiger partial charge in [0.05, 0.1) is 5.75 Å². The lowest BCUT2D eigenvalue weighted by atomic mass is 9.94. The molecule has 0 atom stereocenters. The van der Waals surface area contributed by atoms with E-state index >= 15 is 0 Å². The highest BCUT2D eigenvalue weighted by atomic mass is 32.2. The number of hydrogen-bond acceptors (Lipinski definition) is 3. The number of thioether (sulfide) groups is 1. The number of aryl methyl sites for hydroxylation is 1. The molecule has 0 aliphatic heterocycles. The second-order valence-electron chi connectivity index (χ2n) is 5.63. The number of anilines is 1. The number of amides is 1. The summed E-state index contributed by atoms with van der Waals surface area (Å²) in [5, 5.41) is 0. The molecule has 0 unspecified atom stereocenters. The lowest BCUT2D eigenvalue weighted by molar-refractivity contribution is -0.129. The van der Waals surface area contributed by atoms with Crippen molar-refractivity contribution >= 4 is 23.4 Å². The molecule has 1 fully saturated rings. The Kier molecular flexibility index (Phi) is 5.35. The molecule has 2 N–H and O–H groups in total. The Morgan fingerprint density at radius 2 is 2.05 bits per heavy atom. The average Bonchev–Trinajstić information content (AvgIpc) is 2.48. The molecule has 1 amide bonds. The van der Waals surface area contributed by atoms with Crippen molar-refractivity contribution in [2.75, 3.05) is 18.5 Å². The molecule has 3 nitrogen and oxygen atoms in total. The van der Waals surface area contributed by atoms with Gasteiger partial charge >= 0.3 is 0 Å². The summed E-state index contributed by atoms with van der Waals surface area (Å²) in [7, 11) is 1.94. The molecule has 2 rings (SSSR count). The van der Waals surface area contributed by atoms with Gasteiger partial charge in [0.25, 0.3) is 0 Å². The number of rotatable bonds is 4. The molecule has 0 radical (unpaired) electrons. The molecule has 0 heterocycles. The highest BCUT2D eigenvalue weighted by Crippen LogP contribution is 2.27. The van der Waals surface area contributed by atoms with Crippen LogP contribution in [0.25, 0.3) is 0 Å².